The molecule has 124 valence electrons. The zero-order valence-electron chi connectivity index (χ0n) is 12.7. The summed E-state index contributed by atoms with van der Waals surface area (Å²) >= 11 is 1.57. The van der Waals surface area contributed by atoms with E-state index in [1.54, 1.807) is 23.3 Å². The maximum atomic E-state index is 12.5. The lowest BCUT2D eigenvalue weighted by molar-refractivity contribution is -0.137. The average molecular weight is 342 g/mol. The molecule has 0 bridgehead atoms. The second kappa shape index (κ2) is 7.04. The Bertz CT molecular complexity index is 638. The van der Waals surface area contributed by atoms with Gasteiger partial charge in [-0.2, -0.15) is 13.2 Å². The first-order chi connectivity index (χ1) is 10.8. The third-order valence-electron chi connectivity index (χ3n) is 3.58. The topological polar surface area (TPSA) is 32.3 Å². The van der Waals surface area contributed by atoms with Crippen LogP contribution in [0, 0.1) is 0 Å². The molecule has 1 atom stereocenters. The third kappa shape index (κ3) is 4.48. The normalized spacial score (nSPS) is 12.7. The highest BCUT2D eigenvalue weighted by molar-refractivity contribution is 7.10. The van der Waals surface area contributed by atoms with Gasteiger partial charge in [-0.25, -0.2) is 4.79 Å². The fraction of sp³-hybridized carbons (Fsp3) is 0.312. The van der Waals surface area contributed by atoms with Crippen molar-refractivity contribution in [3.05, 3.63) is 57.8 Å². The zero-order chi connectivity index (χ0) is 17.0. The standard InChI is InChI=1S/C16H17F3N2OS/c1-11(14-4-3-9-23-14)21(2)15(22)20-10-12-5-7-13(8-6-12)16(17,18)19/h3-9,11H,10H2,1-2H3,(H,20,22). The molecular weight excluding hydrogens is 325 g/mol. The van der Waals surface area contributed by atoms with Gasteiger partial charge in [0.2, 0.25) is 0 Å². The highest BCUT2D eigenvalue weighted by Crippen LogP contribution is 2.29. The highest BCUT2D eigenvalue weighted by atomic mass is 32.1. The zero-order valence-corrected chi connectivity index (χ0v) is 13.5. The van der Waals surface area contributed by atoms with Gasteiger partial charge in [-0.15, -0.1) is 11.3 Å². The number of nitrogens with one attached hydrogen (secondary N) is 1. The van der Waals surface area contributed by atoms with Crippen molar-refractivity contribution in [3.63, 3.8) is 0 Å². The minimum Gasteiger partial charge on any atom is -0.334 e. The second-order valence-electron chi connectivity index (χ2n) is 5.16. The van der Waals surface area contributed by atoms with E-state index in [2.05, 4.69) is 5.32 Å². The summed E-state index contributed by atoms with van der Waals surface area (Å²) in [6.45, 7) is 2.10. The van der Waals surface area contributed by atoms with Crippen LogP contribution in [-0.2, 0) is 12.7 Å². The Kier molecular flexibility index (Phi) is 5.30. The van der Waals surface area contributed by atoms with Crippen LogP contribution in [-0.4, -0.2) is 18.0 Å². The number of carbonyl (C=O) groups is 1. The van der Waals surface area contributed by atoms with Crippen molar-refractivity contribution in [1.82, 2.24) is 10.2 Å². The molecule has 0 aliphatic rings. The van der Waals surface area contributed by atoms with Crippen molar-refractivity contribution in [3.8, 4) is 0 Å². The van der Waals surface area contributed by atoms with Crippen molar-refractivity contribution < 1.29 is 18.0 Å². The summed E-state index contributed by atoms with van der Waals surface area (Å²) in [5.41, 5.74) is -0.0838. The van der Waals surface area contributed by atoms with Crippen LogP contribution in [0.4, 0.5) is 18.0 Å². The van der Waals surface area contributed by atoms with Gasteiger partial charge in [-0.3, -0.25) is 0 Å². The predicted octanol–water partition coefficient (Wildman–Crippen LogP) is 4.67. The van der Waals surface area contributed by atoms with E-state index < -0.39 is 11.7 Å². The summed E-state index contributed by atoms with van der Waals surface area (Å²) in [7, 11) is 1.69. The summed E-state index contributed by atoms with van der Waals surface area (Å²) in [5.74, 6) is 0. The fourth-order valence-corrected chi connectivity index (χ4v) is 2.84. The number of urea groups is 1. The number of thiophene rings is 1. The molecule has 0 saturated heterocycles. The lowest BCUT2D eigenvalue weighted by Crippen LogP contribution is -2.38. The minimum atomic E-state index is -4.35. The first-order valence-electron chi connectivity index (χ1n) is 6.99. The van der Waals surface area contributed by atoms with Gasteiger partial charge < -0.3 is 10.2 Å². The molecule has 23 heavy (non-hydrogen) atoms. The number of benzene rings is 1. The SMILES string of the molecule is CC(c1cccs1)N(C)C(=O)NCc1ccc(C(F)(F)F)cc1. The van der Waals surface area contributed by atoms with Gasteiger partial charge in [-0.05, 0) is 36.1 Å². The lowest BCUT2D eigenvalue weighted by atomic mass is 10.1. The largest absolute Gasteiger partial charge is 0.416 e. The van der Waals surface area contributed by atoms with Gasteiger partial charge in [0, 0.05) is 18.5 Å². The van der Waals surface area contributed by atoms with Gasteiger partial charge in [0.1, 0.15) is 0 Å². The van der Waals surface area contributed by atoms with Gasteiger partial charge in [-0.1, -0.05) is 18.2 Å². The molecule has 0 spiro atoms. The molecule has 3 nitrogen and oxygen atoms in total. The first-order valence-corrected chi connectivity index (χ1v) is 7.87. The fourth-order valence-electron chi connectivity index (χ4n) is 2.01. The molecule has 1 unspecified atom stereocenters. The summed E-state index contributed by atoms with van der Waals surface area (Å²) in [5, 5.41) is 4.65. The number of hydrogen-bond acceptors (Lipinski definition) is 2. The quantitative estimate of drug-likeness (QED) is 0.860. The Hall–Kier alpha value is -2.02. The molecule has 2 amide bonds. The van der Waals surface area contributed by atoms with E-state index in [-0.39, 0.29) is 18.6 Å². The Balaban J connectivity index is 1.91. The maximum absolute atomic E-state index is 12.5. The van der Waals surface area contributed by atoms with Crippen molar-refractivity contribution in [2.45, 2.75) is 25.7 Å². The van der Waals surface area contributed by atoms with Crippen molar-refractivity contribution in [2.24, 2.45) is 0 Å². The molecule has 1 aromatic carbocycles. The third-order valence-corrected chi connectivity index (χ3v) is 4.62. The number of alkyl halides is 3. The number of carbonyl (C=O) groups excluding carboxylic acids is 1. The van der Waals surface area contributed by atoms with E-state index in [9.17, 15) is 18.0 Å². The summed E-state index contributed by atoms with van der Waals surface area (Å²) < 4.78 is 37.5. The van der Waals surface area contributed by atoms with Crippen molar-refractivity contribution >= 4 is 17.4 Å². The smallest absolute Gasteiger partial charge is 0.334 e. The summed E-state index contributed by atoms with van der Waals surface area (Å²) in [6.07, 6.45) is -4.35. The van der Waals surface area contributed by atoms with Crippen LogP contribution in [0.15, 0.2) is 41.8 Å². The molecule has 2 aromatic rings. The summed E-state index contributed by atoms with van der Waals surface area (Å²) in [4.78, 5) is 14.8. The number of nitrogens with zero attached hydrogens (tertiary/aromatic N) is 1. The Morgan fingerprint density at radius 2 is 1.91 bits per heavy atom. The number of hydrogen-bond donors (Lipinski definition) is 1. The molecule has 0 aliphatic heterocycles. The van der Waals surface area contributed by atoms with E-state index >= 15 is 0 Å². The minimum absolute atomic E-state index is 0.0670. The van der Waals surface area contributed by atoms with Crippen molar-refractivity contribution in [1.29, 1.82) is 0 Å². The molecule has 0 radical (unpaired) electrons. The van der Waals surface area contributed by atoms with E-state index in [0.29, 0.717) is 5.56 Å². The molecular formula is C16H17F3N2OS. The number of halogens is 3. The van der Waals surface area contributed by atoms with Gasteiger partial charge in [0.05, 0.1) is 11.6 Å². The molecule has 1 heterocycles. The number of rotatable bonds is 4. The molecule has 1 N–H and O–H groups in total. The van der Waals surface area contributed by atoms with Crippen LogP contribution in [0.3, 0.4) is 0 Å². The van der Waals surface area contributed by atoms with Gasteiger partial charge in [0.15, 0.2) is 0 Å². The molecule has 0 aliphatic carbocycles. The molecule has 7 heteroatoms. The second-order valence-corrected chi connectivity index (χ2v) is 6.13. The van der Waals surface area contributed by atoms with E-state index in [0.717, 1.165) is 17.0 Å². The molecule has 0 fully saturated rings. The molecule has 1 aromatic heterocycles. The number of amides is 2. The van der Waals surface area contributed by atoms with E-state index in [1.165, 1.54) is 12.1 Å². The first kappa shape index (κ1) is 17.3. The lowest BCUT2D eigenvalue weighted by Gasteiger charge is -2.24. The van der Waals surface area contributed by atoms with Crippen LogP contribution in [0.1, 0.15) is 29.0 Å². The summed E-state index contributed by atoms with van der Waals surface area (Å²) in [6, 6.07) is 8.30. The van der Waals surface area contributed by atoms with E-state index in [1.807, 2.05) is 24.4 Å². The van der Waals surface area contributed by atoms with Crippen molar-refractivity contribution in [2.75, 3.05) is 7.05 Å². The van der Waals surface area contributed by atoms with Crippen LogP contribution in [0.5, 0.6) is 0 Å². The van der Waals surface area contributed by atoms with Gasteiger partial charge in [0.25, 0.3) is 0 Å². The van der Waals surface area contributed by atoms with Gasteiger partial charge >= 0.3 is 12.2 Å². The highest BCUT2D eigenvalue weighted by Gasteiger charge is 2.29. The maximum Gasteiger partial charge on any atom is 0.416 e. The van der Waals surface area contributed by atoms with Crippen LogP contribution in [0.25, 0.3) is 0 Å². The Labute approximate surface area is 136 Å². The van der Waals surface area contributed by atoms with Crippen LogP contribution in [0.2, 0.25) is 0 Å². The van der Waals surface area contributed by atoms with Crippen LogP contribution >= 0.6 is 11.3 Å². The average Bonchev–Trinajstić information content (AvgIpc) is 3.05. The van der Waals surface area contributed by atoms with E-state index in [4.69, 9.17) is 0 Å². The molecule has 2 rings (SSSR count). The monoisotopic (exact) mass is 342 g/mol. The Morgan fingerprint density at radius 1 is 1.26 bits per heavy atom. The Morgan fingerprint density at radius 3 is 2.43 bits per heavy atom. The van der Waals surface area contributed by atoms with Crippen LogP contribution < -0.4 is 5.32 Å². The molecule has 0 saturated carbocycles. The predicted molar refractivity (Wildman–Crippen MR) is 84.2 cm³/mol.